The van der Waals surface area contributed by atoms with Crippen LogP contribution in [0.25, 0.3) is 0 Å². The standard InChI is InChI=1S/C12H15BrN2/c1-9-4-5-11(8-12(9)13)15(3)10(2)6-7-14/h4-5,8,10H,6H2,1-3H3. The smallest absolute Gasteiger partial charge is 0.0643 e. The van der Waals surface area contributed by atoms with E-state index in [0.29, 0.717) is 6.42 Å². The summed E-state index contributed by atoms with van der Waals surface area (Å²) in [5, 5.41) is 8.65. The third-order valence-electron chi connectivity index (χ3n) is 2.61. The molecular weight excluding hydrogens is 252 g/mol. The SMILES string of the molecule is Cc1ccc(N(C)C(C)CC#N)cc1Br. The van der Waals surface area contributed by atoms with Gasteiger partial charge in [0.15, 0.2) is 0 Å². The zero-order valence-electron chi connectivity index (χ0n) is 9.29. The molecule has 0 saturated carbocycles. The number of aryl methyl sites for hydroxylation is 1. The predicted octanol–water partition coefficient (Wildman–Crippen LogP) is 3.50. The maximum Gasteiger partial charge on any atom is 0.0643 e. The second-order valence-corrected chi connectivity index (χ2v) is 4.61. The third-order valence-corrected chi connectivity index (χ3v) is 3.46. The van der Waals surface area contributed by atoms with Crippen molar-refractivity contribution in [3.8, 4) is 6.07 Å². The Bertz CT molecular complexity index is 382. The van der Waals surface area contributed by atoms with Gasteiger partial charge < -0.3 is 4.90 Å². The molecule has 0 N–H and O–H groups in total. The highest BCUT2D eigenvalue weighted by molar-refractivity contribution is 9.10. The number of rotatable bonds is 3. The van der Waals surface area contributed by atoms with Crippen molar-refractivity contribution in [2.24, 2.45) is 0 Å². The molecular formula is C12H15BrN2. The van der Waals surface area contributed by atoms with Gasteiger partial charge in [-0.2, -0.15) is 5.26 Å². The molecule has 0 amide bonds. The minimum Gasteiger partial charge on any atom is -0.371 e. The summed E-state index contributed by atoms with van der Waals surface area (Å²) in [4.78, 5) is 2.12. The maximum absolute atomic E-state index is 8.65. The van der Waals surface area contributed by atoms with Crippen molar-refractivity contribution in [1.29, 1.82) is 5.26 Å². The van der Waals surface area contributed by atoms with Crippen molar-refractivity contribution in [1.82, 2.24) is 0 Å². The van der Waals surface area contributed by atoms with Crippen LogP contribution in [0.2, 0.25) is 0 Å². The molecule has 0 heterocycles. The van der Waals surface area contributed by atoms with Gasteiger partial charge in [0, 0.05) is 23.2 Å². The van der Waals surface area contributed by atoms with Gasteiger partial charge in [0.2, 0.25) is 0 Å². The van der Waals surface area contributed by atoms with Crippen molar-refractivity contribution in [3.05, 3.63) is 28.2 Å². The Morgan fingerprint density at radius 2 is 2.20 bits per heavy atom. The first-order valence-corrected chi connectivity index (χ1v) is 5.71. The van der Waals surface area contributed by atoms with Crippen LogP contribution >= 0.6 is 15.9 Å². The Kier molecular flexibility index (Phi) is 4.16. The minimum atomic E-state index is 0.240. The number of anilines is 1. The van der Waals surface area contributed by atoms with E-state index in [1.807, 2.05) is 7.05 Å². The minimum absolute atomic E-state index is 0.240. The van der Waals surface area contributed by atoms with E-state index in [-0.39, 0.29) is 6.04 Å². The molecule has 0 aliphatic carbocycles. The molecule has 0 aliphatic rings. The largest absolute Gasteiger partial charge is 0.371 e. The van der Waals surface area contributed by atoms with Crippen LogP contribution in [0, 0.1) is 18.3 Å². The first kappa shape index (κ1) is 12.1. The second kappa shape index (κ2) is 5.18. The van der Waals surface area contributed by atoms with E-state index < -0.39 is 0 Å². The summed E-state index contributed by atoms with van der Waals surface area (Å²) in [5.74, 6) is 0. The summed E-state index contributed by atoms with van der Waals surface area (Å²) in [7, 11) is 2.01. The number of halogens is 1. The van der Waals surface area contributed by atoms with E-state index in [4.69, 9.17) is 5.26 Å². The molecule has 0 radical (unpaired) electrons. The Labute approximate surface area is 99.6 Å². The monoisotopic (exact) mass is 266 g/mol. The predicted molar refractivity (Wildman–Crippen MR) is 67.0 cm³/mol. The summed E-state index contributed by atoms with van der Waals surface area (Å²) in [6.45, 7) is 4.11. The van der Waals surface area contributed by atoms with E-state index in [0.717, 1.165) is 10.2 Å². The van der Waals surface area contributed by atoms with Gasteiger partial charge in [-0.25, -0.2) is 0 Å². The van der Waals surface area contributed by atoms with E-state index in [1.165, 1.54) is 5.56 Å². The normalized spacial score (nSPS) is 11.9. The lowest BCUT2D eigenvalue weighted by Gasteiger charge is -2.25. The molecule has 1 aromatic carbocycles. The Morgan fingerprint density at radius 1 is 1.53 bits per heavy atom. The number of nitriles is 1. The highest BCUT2D eigenvalue weighted by atomic mass is 79.9. The molecule has 3 heteroatoms. The highest BCUT2D eigenvalue weighted by Crippen LogP contribution is 2.24. The summed E-state index contributed by atoms with van der Waals surface area (Å²) in [6.07, 6.45) is 0.544. The maximum atomic E-state index is 8.65. The van der Waals surface area contributed by atoms with Gasteiger partial charge in [-0.05, 0) is 31.5 Å². The van der Waals surface area contributed by atoms with E-state index in [2.05, 4.69) is 58.9 Å². The molecule has 0 bridgehead atoms. The van der Waals surface area contributed by atoms with Crippen LogP contribution in [-0.2, 0) is 0 Å². The molecule has 0 aromatic heterocycles. The first-order valence-electron chi connectivity index (χ1n) is 4.92. The fourth-order valence-corrected chi connectivity index (χ4v) is 1.69. The molecule has 0 fully saturated rings. The van der Waals surface area contributed by atoms with Gasteiger partial charge in [0.1, 0.15) is 0 Å². The average molecular weight is 267 g/mol. The Balaban J connectivity index is 2.87. The van der Waals surface area contributed by atoms with Crippen molar-refractivity contribution in [2.45, 2.75) is 26.3 Å². The van der Waals surface area contributed by atoms with Gasteiger partial charge in [0.25, 0.3) is 0 Å². The first-order chi connectivity index (χ1) is 7.06. The van der Waals surface area contributed by atoms with Crippen LogP contribution in [0.5, 0.6) is 0 Å². The molecule has 0 aliphatic heterocycles. The zero-order valence-corrected chi connectivity index (χ0v) is 10.9. The molecule has 1 atom stereocenters. The third kappa shape index (κ3) is 2.97. The van der Waals surface area contributed by atoms with Crippen LogP contribution in [0.4, 0.5) is 5.69 Å². The van der Waals surface area contributed by atoms with Crippen LogP contribution in [0.15, 0.2) is 22.7 Å². The summed E-state index contributed by atoms with van der Waals surface area (Å²) in [6, 6.07) is 8.67. The quantitative estimate of drug-likeness (QED) is 0.838. The number of nitrogens with zero attached hydrogens (tertiary/aromatic N) is 2. The van der Waals surface area contributed by atoms with Crippen LogP contribution in [0.1, 0.15) is 18.9 Å². The van der Waals surface area contributed by atoms with E-state index in [1.54, 1.807) is 0 Å². The molecule has 80 valence electrons. The molecule has 2 nitrogen and oxygen atoms in total. The van der Waals surface area contributed by atoms with Gasteiger partial charge in [-0.15, -0.1) is 0 Å². The van der Waals surface area contributed by atoms with Crippen LogP contribution in [0.3, 0.4) is 0 Å². The topological polar surface area (TPSA) is 27.0 Å². The lowest BCUT2D eigenvalue weighted by molar-refractivity contribution is 0.702. The molecule has 1 rings (SSSR count). The van der Waals surface area contributed by atoms with Gasteiger partial charge in [-0.3, -0.25) is 0 Å². The van der Waals surface area contributed by atoms with Gasteiger partial charge >= 0.3 is 0 Å². The lowest BCUT2D eigenvalue weighted by Crippen LogP contribution is -2.28. The zero-order chi connectivity index (χ0) is 11.4. The van der Waals surface area contributed by atoms with Crippen molar-refractivity contribution in [2.75, 3.05) is 11.9 Å². The van der Waals surface area contributed by atoms with Crippen molar-refractivity contribution >= 4 is 21.6 Å². The highest BCUT2D eigenvalue weighted by Gasteiger charge is 2.10. The summed E-state index contributed by atoms with van der Waals surface area (Å²) >= 11 is 3.51. The molecule has 1 unspecified atom stereocenters. The molecule has 0 saturated heterocycles. The van der Waals surface area contributed by atoms with Crippen LogP contribution in [-0.4, -0.2) is 13.1 Å². The Morgan fingerprint density at radius 3 is 2.73 bits per heavy atom. The molecule has 1 aromatic rings. The van der Waals surface area contributed by atoms with E-state index >= 15 is 0 Å². The van der Waals surface area contributed by atoms with Crippen molar-refractivity contribution in [3.63, 3.8) is 0 Å². The second-order valence-electron chi connectivity index (χ2n) is 3.76. The molecule has 0 spiro atoms. The van der Waals surface area contributed by atoms with E-state index in [9.17, 15) is 0 Å². The average Bonchev–Trinajstić information content (AvgIpc) is 2.21. The summed E-state index contributed by atoms with van der Waals surface area (Å²) in [5.41, 5.74) is 2.36. The van der Waals surface area contributed by atoms with Gasteiger partial charge in [-0.1, -0.05) is 22.0 Å². The van der Waals surface area contributed by atoms with Crippen molar-refractivity contribution < 1.29 is 0 Å². The van der Waals surface area contributed by atoms with Crippen LogP contribution < -0.4 is 4.90 Å². The van der Waals surface area contributed by atoms with Gasteiger partial charge in [0.05, 0.1) is 12.5 Å². The fourth-order valence-electron chi connectivity index (χ4n) is 1.32. The number of hydrogen-bond donors (Lipinski definition) is 0. The Hall–Kier alpha value is -1.01. The number of hydrogen-bond acceptors (Lipinski definition) is 2. The fraction of sp³-hybridized carbons (Fsp3) is 0.417. The summed E-state index contributed by atoms with van der Waals surface area (Å²) < 4.78 is 1.11. The number of benzene rings is 1. The lowest BCUT2D eigenvalue weighted by atomic mass is 10.1. The molecule has 15 heavy (non-hydrogen) atoms.